The summed E-state index contributed by atoms with van der Waals surface area (Å²) >= 11 is 0. The van der Waals surface area contributed by atoms with E-state index in [-0.39, 0.29) is 16.7 Å². The highest BCUT2D eigenvalue weighted by molar-refractivity contribution is 5.88. The molecular formula is C40H37N. The largest absolute Gasteiger partial charge is 0.247 e. The van der Waals surface area contributed by atoms with Crippen molar-refractivity contribution < 1.29 is 0 Å². The minimum Gasteiger partial charge on any atom is -0.247 e. The number of aromatic nitrogens is 1. The van der Waals surface area contributed by atoms with E-state index >= 15 is 0 Å². The average Bonchev–Trinajstić information content (AvgIpc) is 3.33. The third-order valence-electron chi connectivity index (χ3n) is 9.75. The molecule has 202 valence electrons. The number of nitrogens with zero attached hydrogens (tertiary/aromatic N) is 1. The zero-order valence-electron chi connectivity index (χ0n) is 24.9. The summed E-state index contributed by atoms with van der Waals surface area (Å²) in [6.07, 6.45) is 4.76. The van der Waals surface area contributed by atoms with E-state index in [1.807, 2.05) is 0 Å². The van der Waals surface area contributed by atoms with Gasteiger partial charge in [0.2, 0.25) is 0 Å². The topological polar surface area (TPSA) is 12.9 Å². The first-order valence-electron chi connectivity index (χ1n) is 14.8. The van der Waals surface area contributed by atoms with Crippen molar-refractivity contribution in [3.05, 3.63) is 143 Å². The fourth-order valence-corrected chi connectivity index (χ4v) is 7.21. The first kappa shape index (κ1) is 25.7. The predicted molar refractivity (Wildman–Crippen MR) is 174 cm³/mol. The van der Waals surface area contributed by atoms with Crippen LogP contribution in [0.15, 0.2) is 115 Å². The van der Waals surface area contributed by atoms with E-state index in [9.17, 15) is 0 Å². The van der Waals surface area contributed by atoms with Gasteiger partial charge in [0.05, 0.1) is 11.4 Å². The Hall–Kier alpha value is -4.23. The summed E-state index contributed by atoms with van der Waals surface area (Å²) in [6, 6.07) is 35.6. The quantitative estimate of drug-likeness (QED) is 0.225. The molecule has 0 saturated heterocycles. The summed E-state index contributed by atoms with van der Waals surface area (Å²) in [5.74, 6) is 0.288. The highest BCUT2D eigenvalue weighted by atomic mass is 14.7. The fourth-order valence-electron chi connectivity index (χ4n) is 7.21. The summed E-state index contributed by atoms with van der Waals surface area (Å²) in [7, 11) is 0. The molecule has 0 amide bonds. The van der Waals surface area contributed by atoms with Crippen LogP contribution >= 0.6 is 0 Å². The van der Waals surface area contributed by atoms with Crippen LogP contribution in [0.5, 0.6) is 0 Å². The molecule has 2 aliphatic rings. The fraction of sp³-hybridized carbons (Fsp3) is 0.225. The van der Waals surface area contributed by atoms with E-state index in [0.29, 0.717) is 0 Å². The molecular weight excluding hydrogens is 494 g/mol. The molecule has 1 unspecified atom stereocenters. The van der Waals surface area contributed by atoms with Crippen molar-refractivity contribution in [2.75, 3.05) is 0 Å². The van der Waals surface area contributed by atoms with Crippen LogP contribution in [0.3, 0.4) is 0 Å². The lowest BCUT2D eigenvalue weighted by Gasteiger charge is -2.23. The summed E-state index contributed by atoms with van der Waals surface area (Å²) in [6.45, 7) is 13.9. The molecule has 0 N–H and O–H groups in total. The van der Waals surface area contributed by atoms with E-state index in [1.165, 1.54) is 55.3 Å². The number of hydrogen-bond donors (Lipinski definition) is 0. The number of benzene rings is 4. The summed E-state index contributed by atoms with van der Waals surface area (Å²) in [5, 5.41) is 2.50. The zero-order chi connectivity index (χ0) is 28.5. The molecule has 0 aliphatic heterocycles. The van der Waals surface area contributed by atoms with E-state index in [4.69, 9.17) is 4.98 Å². The second kappa shape index (κ2) is 9.14. The Balaban J connectivity index is 1.25. The van der Waals surface area contributed by atoms with Crippen LogP contribution in [0.25, 0.3) is 38.9 Å². The summed E-state index contributed by atoms with van der Waals surface area (Å²) in [5.41, 5.74) is 14.1. The van der Waals surface area contributed by atoms with Gasteiger partial charge in [-0.1, -0.05) is 126 Å². The van der Waals surface area contributed by atoms with Crippen molar-refractivity contribution in [2.24, 2.45) is 0 Å². The van der Waals surface area contributed by atoms with Crippen molar-refractivity contribution in [2.45, 2.75) is 58.3 Å². The van der Waals surface area contributed by atoms with Crippen LogP contribution < -0.4 is 0 Å². The molecule has 1 atom stereocenters. The van der Waals surface area contributed by atoms with Gasteiger partial charge in [0, 0.05) is 22.0 Å². The number of allylic oxidation sites excluding steroid dienone is 4. The van der Waals surface area contributed by atoms with Crippen molar-refractivity contribution >= 4 is 16.3 Å². The molecule has 1 heteroatoms. The lowest BCUT2D eigenvalue weighted by Crippen LogP contribution is -2.16. The average molecular weight is 532 g/mol. The maximum Gasteiger partial charge on any atom is 0.0753 e. The van der Waals surface area contributed by atoms with Gasteiger partial charge in [-0.15, -0.1) is 0 Å². The number of hydrogen-bond acceptors (Lipinski definition) is 1. The normalized spacial score (nSPS) is 17.1. The summed E-state index contributed by atoms with van der Waals surface area (Å²) < 4.78 is 0. The first-order chi connectivity index (χ1) is 19.7. The van der Waals surface area contributed by atoms with Gasteiger partial charge < -0.3 is 0 Å². The van der Waals surface area contributed by atoms with Gasteiger partial charge in [0.15, 0.2) is 0 Å². The molecule has 7 rings (SSSR count). The van der Waals surface area contributed by atoms with Crippen LogP contribution in [-0.2, 0) is 10.8 Å². The van der Waals surface area contributed by atoms with Gasteiger partial charge in [-0.25, -0.2) is 4.98 Å². The van der Waals surface area contributed by atoms with Gasteiger partial charge >= 0.3 is 0 Å². The maximum atomic E-state index is 5.30. The van der Waals surface area contributed by atoms with Crippen molar-refractivity contribution in [1.82, 2.24) is 4.98 Å². The summed E-state index contributed by atoms with van der Waals surface area (Å²) in [4.78, 5) is 5.30. The van der Waals surface area contributed by atoms with E-state index < -0.39 is 0 Å². The lowest BCUT2D eigenvalue weighted by molar-refractivity contribution is 0.653. The Morgan fingerprint density at radius 3 is 2.17 bits per heavy atom. The minimum absolute atomic E-state index is 0.0148. The molecule has 0 spiro atoms. The van der Waals surface area contributed by atoms with Gasteiger partial charge in [0.25, 0.3) is 0 Å². The van der Waals surface area contributed by atoms with Crippen molar-refractivity contribution in [1.29, 1.82) is 0 Å². The SMILES string of the molecule is CC1=C(/C=C\C(C)c2ccc3c(c2)-c2nc(-c4ccc5ccccc5c4)ccc2C3(C)C)C(C)(C)c2ccccc21. The van der Waals surface area contributed by atoms with Gasteiger partial charge in [0.1, 0.15) is 0 Å². The zero-order valence-corrected chi connectivity index (χ0v) is 24.9. The van der Waals surface area contributed by atoms with Gasteiger partial charge in [-0.3, -0.25) is 0 Å². The monoisotopic (exact) mass is 531 g/mol. The third kappa shape index (κ3) is 3.94. The van der Waals surface area contributed by atoms with E-state index in [2.05, 4.69) is 151 Å². The van der Waals surface area contributed by atoms with Crippen LogP contribution in [0, 0.1) is 0 Å². The van der Waals surface area contributed by atoms with Crippen LogP contribution in [0.2, 0.25) is 0 Å². The molecule has 4 aromatic carbocycles. The molecule has 5 aromatic rings. The number of pyridine rings is 1. The number of rotatable bonds is 4. The van der Waals surface area contributed by atoms with Crippen LogP contribution in [0.4, 0.5) is 0 Å². The Labute approximate surface area is 244 Å². The molecule has 0 saturated carbocycles. The Morgan fingerprint density at radius 1 is 0.659 bits per heavy atom. The van der Waals surface area contributed by atoms with Crippen molar-refractivity contribution in [3.63, 3.8) is 0 Å². The van der Waals surface area contributed by atoms with Gasteiger partial charge in [-0.05, 0) is 80.8 Å². The highest BCUT2D eigenvalue weighted by Gasteiger charge is 2.37. The van der Waals surface area contributed by atoms with Crippen LogP contribution in [0.1, 0.15) is 75.3 Å². The molecule has 0 fully saturated rings. The molecule has 0 bridgehead atoms. The molecule has 1 aromatic heterocycles. The molecule has 0 radical (unpaired) electrons. The standard InChI is InChI=1S/C40H37N/c1-25(15-19-33-26(2)31-13-9-10-14-34(31)39(33,3)4)28-18-20-35-32(24-28)38-36(40(35,5)6)21-22-37(41-38)30-17-16-27-11-7-8-12-29(27)23-30/h7-25H,1-6H3/b19-15-. The first-order valence-corrected chi connectivity index (χ1v) is 14.8. The maximum absolute atomic E-state index is 5.30. The van der Waals surface area contributed by atoms with E-state index in [0.717, 1.165) is 17.0 Å². The smallest absolute Gasteiger partial charge is 0.0753 e. The second-order valence-electron chi connectivity index (χ2n) is 12.9. The second-order valence-corrected chi connectivity index (χ2v) is 12.9. The van der Waals surface area contributed by atoms with Crippen LogP contribution in [-0.4, -0.2) is 4.98 Å². The number of fused-ring (bicyclic) bond motifs is 5. The lowest BCUT2D eigenvalue weighted by atomic mass is 9.80. The van der Waals surface area contributed by atoms with Gasteiger partial charge in [-0.2, -0.15) is 0 Å². The Morgan fingerprint density at radius 2 is 1.37 bits per heavy atom. The van der Waals surface area contributed by atoms with E-state index in [1.54, 1.807) is 0 Å². The Bertz CT molecular complexity index is 1910. The predicted octanol–water partition coefficient (Wildman–Crippen LogP) is 10.6. The van der Waals surface area contributed by atoms with Crippen molar-refractivity contribution in [3.8, 4) is 22.5 Å². The minimum atomic E-state index is -0.0707. The third-order valence-corrected chi connectivity index (χ3v) is 9.75. The highest BCUT2D eigenvalue weighted by Crippen LogP contribution is 2.50. The molecule has 1 nitrogen and oxygen atoms in total. The molecule has 41 heavy (non-hydrogen) atoms. The molecule has 2 aliphatic carbocycles. The molecule has 1 heterocycles. The Kier molecular flexibility index (Phi) is 5.74.